The van der Waals surface area contributed by atoms with E-state index in [9.17, 15) is 10.1 Å². The van der Waals surface area contributed by atoms with Gasteiger partial charge in [0.05, 0.1) is 16.9 Å². The third kappa shape index (κ3) is 5.95. The van der Waals surface area contributed by atoms with Crippen LogP contribution in [0.1, 0.15) is 47.3 Å². The molecule has 2 aliphatic heterocycles. The largest absolute Gasteiger partial charge is 0.370 e. The molecule has 8 heteroatoms. The number of para-hydroxylation sites is 2. The lowest BCUT2D eigenvalue weighted by Crippen LogP contribution is -2.51. The number of nitrogens with two attached hydrogens (primary N) is 1. The third-order valence-electron chi connectivity index (χ3n) is 8.95. The minimum absolute atomic E-state index is 0.113. The first-order valence-corrected chi connectivity index (χ1v) is 15.9. The van der Waals surface area contributed by atoms with E-state index in [2.05, 4.69) is 72.7 Å². The second kappa shape index (κ2) is 13.1. The molecule has 0 aliphatic carbocycles. The zero-order chi connectivity index (χ0) is 29.8. The van der Waals surface area contributed by atoms with Gasteiger partial charge in [0.15, 0.2) is 0 Å². The SMILES string of the molecule is CCN(c1cc(C(=O)N2CCN(c3ccccc3SN)CC2)c(C)cc1C)C1CCN(c2ccccc2C#N)CC1C. The summed E-state index contributed by atoms with van der Waals surface area (Å²) in [6.45, 7) is 14.3. The Morgan fingerprint density at radius 2 is 1.67 bits per heavy atom. The molecule has 3 aromatic carbocycles. The molecule has 3 aromatic rings. The van der Waals surface area contributed by atoms with E-state index in [1.54, 1.807) is 0 Å². The Hall–Kier alpha value is -3.67. The van der Waals surface area contributed by atoms with Crippen LogP contribution in [0.5, 0.6) is 0 Å². The van der Waals surface area contributed by atoms with E-state index in [0.29, 0.717) is 25.0 Å². The molecular formula is C34H42N6OS. The molecule has 0 bridgehead atoms. The Labute approximate surface area is 255 Å². The maximum absolute atomic E-state index is 13.9. The average molecular weight is 583 g/mol. The number of nitriles is 1. The van der Waals surface area contributed by atoms with Crippen LogP contribution in [-0.4, -0.2) is 62.7 Å². The number of benzene rings is 3. The number of piperazine rings is 1. The number of carbonyl (C=O) groups excluding carboxylic acids is 1. The highest BCUT2D eigenvalue weighted by Gasteiger charge is 2.33. The first kappa shape index (κ1) is 29.8. The van der Waals surface area contributed by atoms with Gasteiger partial charge in [-0.3, -0.25) is 9.93 Å². The van der Waals surface area contributed by atoms with Crippen molar-refractivity contribution in [2.75, 3.05) is 60.5 Å². The number of piperidine rings is 1. The summed E-state index contributed by atoms with van der Waals surface area (Å²) < 4.78 is 0. The molecule has 0 aromatic heterocycles. The van der Waals surface area contributed by atoms with Gasteiger partial charge in [0.2, 0.25) is 0 Å². The van der Waals surface area contributed by atoms with Gasteiger partial charge >= 0.3 is 0 Å². The molecule has 220 valence electrons. The van der Waals surface area contributed by atoms with Crippen molar-refractivity contribution >= 4 is 34.9 Å². The zero-order valence-corrected chi connectivity index (χ0v) is 26.0. The summed E-state index contributed by atoms with van der Waals surface area (Å²) in [5.74, 6) is 0.509. The lowest BCUT2D eigenvalue weighted by molar-refractivity contribution is 0.0746. The second-order valence-electron chi connectivity index (χ2n) is 11.5. The molecule has 0 radical (unpaired) electrons. The minimum Gasteiger partial charge on any atom is -0.370 e. The number of nitrogens with zero attached hydrogens (tertiary/aromatic N) is 5. The number of aryl methyl sites for hydroxylation is 2. The van der Waals surface area contributed by atoms with E-state index in [-0.39, 0.29) is 5.91 Å². The molecule has 2 unspecified atom stereocenters. The summed E-state index contributed by atoms with van der Waals surface area (Å²) in [7, 11) is 0. The van der Waals surface area contributed by atoms with Crippen molar-refractivity contribution in [3.63, 3.8) is 0 Å². The van der Waals surface area contributed by atoms with Gasteiger partial charge in [-0.25, -0.2) is 0 Å². The van der Waals surface area contributed by atoms with Crippen molar-refractivity contribution in [3.8, 4) is 6.07 Å². The summed E-state index contributed by atoms with van der Waals surface area (Å²) >= 11 is 1.27. The molecule has 2 N–H and O–H groups in total. The van der Waals surface area contributed by atoms with Gasteiger partial charge in [-0.15, -0.1) is 0 Å². The van der Waals surface area contributed by atoms with Gasteiger partial charge in [-0.05, 0) is 86.5 Å². The lowest BCUT2D eigenvalue weighted by Gasteiger charge is -2.45. The standard InChI is InChI=1S/C34H42N6OS/c1-5-40(29-14-15-39(23-26(29)4)30-11-7-6-10-27(30)22-35)32-21-28(24(2)20-25(32)3)34(41)38-18-16-37(17-19-38)31-12-8-9-13-33(31)42-36/h6-13,20-21,26,29H,5,14-19,23,36H2,1-4H3. The van der Waals surface area contributed by atoms with Crippen LogP contribution < -0.4 is 19.8 Å². The molecule has 7 nitrogen and oxygen atoms in total. The molecule has 2 heterocycles. The Morgan fingerprint density at radius 3 is 2.33 bits per heavy atom. The van der Waals surface area contributed by atoms with Gasteiger partial charge in [0.1, 0.15) is 6.07 Å². The summed E-state index contributed by atoms with van der Waals surface area (Å²) in [5, 5.41) is 15.5. The van der Waals surface area contributed by atoms with Crippen molar-refractivity contribution in [2.45, 2.75) is 45.1 Å². The summed E-state index contributed by atoms with van der Waals surface area (Å²) in [6.07, 6.45) is 0.996. The predicted octanol–water partition coefficient (Wildman–Crippen LogP) is 5.84. The topological polar surface area (TPSA) is 79.8 Å². The second-order valence-corrected chi connectivity index (χ2v) is 12.2. The van der Waals surface area contributed by atoms with Crippen molar-refractivity contribution < 1.29 is 4.79 Å². The fourth-order valence-electron chi connectivity index (χ4n) is 6.76. The molecule has 2 saturated heterocycles. The summed E-state index contributed by atoms with van der Waals surface area (Å²) in [5.41, 5.74) is 7.09. The van der Waals surface area contributed by atoms with Crippen LogP contribution in [-0.2, 0) is 0 Å². The van der Waals surface area contributed by atoms with Crippen LogP contribution in [0.15, 0.2) is 65.6 Å². The Morgan fingerprint density at radius 1 is 0.976 bits per heavy atom. The van der Waals surface area contributed by atoms with Crippen molar-refractivity contribution in [3.05, 3.63) is 82.9 Å². The zero-order valence-electron chi connectivity index (χ0n) is 25.2. The van der Waals surface area contributed by atoms with Gasteiger partial charge in [-0.2, -0.15) is 5.26 Å². The number of amides is 1. The summed E-state index contributed by atoms with van der Waals surface area (Å²) in [4.78, 5) is 24.1. The van der Waals surface area contributed by atoms with Crippen molar-refractivity contribution in [1.82, 2.24) is 4.90 Å². The molecule has 2 fully saturated rings. The van der Waals surface area contributed by atoms with Gasteiger partial charge in [0, 0.05) is 68.0 Å². The summed E-state index contributed by atoms with van der Waals surface area (Å²) in [6, 6.07) is 23.1. The molecule has 1 amide bonds. The van der Waals surface area contributed by atoms with E-state index in [0.717, 1.165) is 77.8 Å². The van der Waals surface area contributed by atoms with E-state index in [4.69, 9.17) is 5.14 Å². The van der Waals surface area contributed by atoms with Crippen LogP contribution in [0, 0.1) is 31.1 Å². The molecule has 5 rings (SSSR count). The Balaban J connectivity index is 1.32. The maximum atomic E-state index is 13.9. The van der Waals surface area contributed by atoms with Crippen LogP contribution in [0.3, 0.4) is 0 Å². The van der Waals surface area contributed by atoms with E-state index >= 15 is 0 Å². The van der Waals surface area contributed by atoms with Gasteiger partial charge in [-0.1, -0.05) is 37.3 Å². The monoisotopic (exact) mass is 582 g/mol. The molecule has 2 atom stereocenters. The number of hydrogen-bond acceptors (Lipinski definition) is 7. The number of rotatable bonds is 7. The highest BCUT2D eigenvalue weighted by atomic mass is 32.2. The van der Waals surface area contributed by atoms with Crippen LogP contribution >= 0.6 is 11.9 Å². The highest BCUT2D eigenvalue weighted by Crippen LogP contribution is 2.34. The predicted molar refractivity (Wildman–Crippen MR) is 174 cm³/mol. The highest BCUT2D eigenvalue weighted by molar-refractivity contribution is 7.97. The quantitative estimate of drug-likeness (QED) is 0.351. The smallest absolute Gasteiger partial charge is 0.254 e. The normalized spacial score (nSPS) is 19.0. The van der Waals surface area contributed by atoms with E-state index in [1.165, 1.54) is 17.5 Å². The lowest BCUT2D eigenvalue weighted by atomic mass is 9.90. The van der Waals surface area contributed by atoms with Crippen LogP contribution in [0.4, 0.5) is 17.1 Å². The van der Waals surface area contributed by atoms with E-state index in [1.807, 2.05) is 41.3 Å². The van der Waals surface area contributed by atoms with Crippen LogP contribution in [0.25, 0.3) is 0 Å². The first-order chi connectivity index (χ1) is 20.4. The Bertz CT molecular complexity index is 1460. The Kier molecular flexibility index (Phi) is 9.30. The van der Waals surface area contributed by atoms with Gasteiger partial charge < -0.3 is 19.6 Å². The van der Waals surface area contributed by atoms with Gasteiger partial charge in [0.25, 0.3) is 5.91 Å². The molecular weight excluding hydrogens is 540 g/mol. The number of carbonyl (C=O) groups is 1. The molecule has 0 saturated carbocycles. The number of anilines is 3. The third-order valence-corrected chi connectivity index (χ3v) is 9.55. The first-order valence-electron chi connectivity index (χ1n) is 15.0. The van der Waals surface area contributed by atoms with Crippen LogP contribution in [0.2, 0.25) is 0 Å². The molecule has 42 heavy (non-hydrogen) atoms. The molecule has 2 aliphatic rings. The maximum Gasteiger partial charge on any atom is 0.254 e. The molecule has 0 spiro atoms. The minimum atomic E-state index is 0.113. The van der Waals surface area contributed by atoms with E-state index < -0.39 is 0 Å². The fraction of sp³-hybridized carbons (Fsp3) is 0.412. The fourth-order valence-corrected chi connectivity index (χ4v) is 7.24. The van der Waals surface area contributed by atoms with Crippen molar-refractivity contribution in [1.29, 1.82) is 5.26 Å². The average Bonchev–Trinajstić information content (AvgIpc) is 3.02. The number of hydrogen-bond donors (Lipinski definition) is 1. The van der Waals surface area contributed by atoms with Crippen molar-refractivity contribution in [2.24, 2.45) is 11.1 Å².